The third kappa shape index (κ3) is 6.82. The molecule has 326 valence electrons. The predicted molar refractivity (Wildman–Crippen MR) is 232 cm³/mol. The van der Waals surface area contributed by atoms with E-state index in [0.29, 0.717) is 79.0 Å². The Kier molecular flexibility index (Phi) is 10.6. The standard InChI is InChI=1S/C48H47Cl2FN6O6/c49-29-14-17-34-36(22-29)53-46(63)48(34)39(32-8-5-9-35(50)40(32)51)41(55-47(48)20-2-1-3-21-47)43(60)52-30-15-12-28(13-16-30)44(61)56-23-26(24-56)10-11-27-6-4-7-31-33(27)25-57(45(31)62)37-18-19-38(58)54-42(37)59/h4-9,14,17,22,26,28,30,37,39,41,55H,1-3,12-13,15-16,18-21,23-25H2,(H,52,60)(H,53,63)(H,54,58,59)/t28?,30?,37?,39-,41+,48+/m0/s1. The van der Waals surface area contributed by atoms with Gasteiger partial charge in [0, 0.05) is 71.3 Å². The Morgan fingerprint density at radius 2 is 1.65 bits per heavy atom. The zero-order valence-electron chi connectivity index (χ0n) is 34.5. The van der Waals surface area contributed by atoms with Crippen molar-refractivity contribution in [2.24, 2.45) is 11.8 Å². The molecular formula is C48H47Cl2FN6O6. The minimum atomic E-state index is -1.32. The van der Waals surface area contributed by atoms with Crippen molar-refractivity contribution in [1.29, 1.82) is 0 Å². The second-order valence-electron chi connectivity index (χ2n) is 18.3. The zero-order chi connectivity index (χ0) is 43.8. The number of carbonyl (C=O) groups is 6. The van der Waals surface area contributed by atoms with Crippen molar-refractivity contribution in [3.63, 3.8) is 0 Å². The Bertz CT molecular complexity index is 2540. The summed E-state index contributed by atoms with van der Waals surface area (Å²) >= 11 is 12.8. The molecule has 6 amide bonds. The lowest BCUT2D eigenvalue weighted by molar-refractivity contribution is -0.142. The van der Waals surface area contributed by atoms with Gasteiger partial charge in [-0.3, -0.25) is 39.4 Å². The molecule has 0 radical (unpaired) electrons. The number of hydrogen-bond acceptors (Lipinski definition) is 7. The van der Waals surface area contributed by atoms with Crippen LogP contribution in [0.3, 0.4) is 0 Å². The van der Waals surface area contributed by atoms with Gasteiger partial charge in [0.1, 0.15) is 17.3 Å². The number of amides is 6. The van der Waals surface area contributed by atoms with Gasteiger partial charge in [0.05, 0.1) is 17.0 Å². The second kappa shape index (κ2) is 16.1. The molecule has 0 aromatic heterocycles. The summed E-state index contributed by atoms with van der Waals surface area (Å²) in [6.45, 7) is 1.24. The molecule has 2 spiro atoms. The summed E-state index contributed by atoms with van der Waals surface area (Å²) in [7, 11) is 0. The van der Waals surface area contributed by atoms with Gasteiger partial charge in [-0.2, -0.15) is 0 Å². The smallest absolute Gasteiger partial charge is 0.255 e. The number of imide groups is 1. The summed E-state index contributed by atoms with van der Waals surface area (Å²) in [4.78, 5) is 83.8. The molecule has 4 N–H and O–H groups in total. The molecule has 3 aromatic rings. The molecule has 15 heteroatoms. The van der Waals surface area contributed by atoms with Crippen LogP contribution in [-0.4, -0.2) is 82.0 Å². The topological polar surface area (TPSA) is 157 Å². The van der Waals surface area contributed by atoms with Crippen LogP contribution in [0.15, 0.2) is 54.6 Å². The first-order valence-corrected chi connectivity index (χ1v) is 22.8. The summed E-state index contributed by atoms with van der Waals surface area (Å²) in [5.74, 6) is 3.18. The lowest BCUT2D eigenvalue weighted by Crippen LogP contribution is -2.60. The summed E-state index contributed by atoms with van der Waals surface area (Å²) in [6, 6.07) is 13.6. The van der Waals surface area contributed by atoms with Crippen LogP contribution in [-0.2, 0) is 35.9 Å². The largest absolute Gasteiger partial charge is 0.352 e. The number of hydrogen-bond donors (Lipinski definition) is 4. The van der Waals surface area contributed by atoms with Crippen LogP contribution in [0.5, 0.6) is 0 Å². The maximum Gasteiger partial charge on any atom is 0.255 e. The molecule has 7 aliphatic rings. The molecule has 5 heterocycles. The summed E-state index contributed by atoms with van der Waals surface area (Å²) in [6.07, 6.45) is 6.77. The number of piperidine rings is 1. The molecule has 63 heavy (non-hydrogen) atoms. The van der Waals surface area contributed by atoms with Gasteiger partial charge in [-0.05, 0) is 92.0 Å². The van der Waals surface area contributed by atoms with E-state index in [0.717, 1.165) is 24.8 Å². The SMILES string of the molecule is O=C1CCC(N2Cc3c(C#CC4CN(C(=O)C5CCC(NC(=O)[C@@H]6NC7(CCCCC7)[C@@]7(C(=O)Nc8cc(Cl)ccc87)[C@H]6c6cccc(Cl)c6F)CC5)C4)cccc3C2=O)C(=O)N1. The number of likely N-dealkylation sites (tertiary alicyclic amines) is 1. The van der Waals surface area contributed by atoms with E-state index >= 15 is 4.39 Å². The Morgan fingerprint density at radius 3 is 2.41 bits per heavy atom. The molecule has 0 bridgehead atoms. The van der Waals surface area contributed by atoms with E-state index in [9.17, 15) is 28.8 Å². The minimum Gasteiger partial charge on any atom is -0.352 e. The Balaban J connectivity index is 0.799. The number of carbonyl (C=O) groups excluding carboxylic acids is 6. The predicted octanol–water partition coefficient (Wildman–Crippen LogP) is 5.73. The van der Waals surface area contributed by atoms with Crippen LogP contribution in [0, 0.1) is 29.5 Å². The first-order valence-electron chi connectivity index (χ1n) is 22.1. The van der Waals surface area contributed by atoms with E-state index in [1.807, 2.05) is 17.0 Å². The van der Waals surface area contributed by atoms with Crippen LogP contribution < -0.4 is 21.3 Å². The summed E-state index contributed by atoms with van der Waals surface area (Å²) < 4.78 is 16.3. The van der Waals surface area contributed by atoms with E-state index in [2.05, 4.69) is 33.1 Å². The average Bonchev–Trinajstić information content (AvgIpc) is 3.85. The molecular weight excluding hydrogens is 846 g/mol. The zero-order valence-corrected chi connectivity index (χ0v) is 36.0. The highest BCUT2D eigenvalue weighted by Gasteiger charge is 2.72. The number of rotatable bonds is 5. The van der Waals surface area contributed by atoms with Crippen LogP contribution in [0.25, 0.3) is 0 Å². The van der Waals surface area contributed by atoms with Crippen molar-refractivity contribution in [3.05, 3.63) is 98.3 Å². The van der Waals surface area contributed by atoms with Gasteiger partial charge in [-0.25, -0.2) is 4.39 Å². The van der Waals surface area contributed by atoms with Gasteiger partial charge < -0.3 is 20.4 Å². The van der Waals surface area contributed by atoms with Gasteiger partial charge in [0.2, 0.25) is 29.5 Å². The van der Waals surface area contributed by atoms with Gasteiger partial charge >= 0.3 is 0 Å². The molecule has 3 aromatic carbocycles. The van der Waals surface area contributed by atoms with Crippen LogP contribution in [0.2, 0.25) is 10.0 Å². The van der Waals surface area contributed by atoms with Gasteiger partial charge in [0.15, 0.2) is 0 Å². The monoisotopic (exact) mass is 892 g/mol. The molecule has 5 fully saturated rings. The molecule has 1 unspecified atom stereocenters. The van der Waals surface area contributed by atoms with Crippen LogP contribution in [0.4, 0.5) is 10.1 Å². The third-order valence-corrected chi connectivity index (χ3v) is 15.4. The second-order valence-corrected chi connectivity index (χ2v) is 19.2. The molecule has 10 rings (SSSR count). The fourth-order valence-corrected chi connectivity index (χ4v) is 12.2. The lowest BCUT2D eigenvalue weighted by Gasteiger charge is -2.47. The highest BCUT2D eigenvalue weighted by Crippen LogP contribution is 2.63. The van der Waals surface area contributed by atoms with Gasteiger partial charge in [0.25, 0.3) is 5.91 Å². The number of benzene rings is 3. The van der Waals surface area contributed by atoms with Crippen LogP contribution >= 0.6 is 23.2 Å². The number of halogens is 3. The Morgan fingerprint density at radius 1 is 0.889 bits per heavy atom. The average molecular weight is 894 g/mol. The first kappa shape index (κ1) is 41.7. The molecule has 5 aliphatic heterocycles. The minimum absolute atomic E-state index is 0.0263. The molecule has 12 nitrogen and oxygen atoms in total. The first-order chi connectivity index (χ1) is 30.4. The normalized spacial score (nSPS) is 28.5. The van der Waals surface area contributed by atoms with Crippen molar-refractivity contribution >= 4 is 64.3 Å². The lowest BCUT2D eigenvalue weighted by atomic mass is 9.55. The van der Waals surface area contributed by atoms with E-state index in [-0.39, 0.29) is 77.4 Å². The number of nitrogens with zero attached hydrogens (tertiary/aromatic N) is 2. The van der Waals surface area contributed by atoms with E-state index in [1.54, 1.807) is 36.4 Å². The number of nitrogens with one attached hydrogen (secondary N) is 4. The number of fused-ring (bicyclic) bond motifs is 4. The van der Waals surface area contributed by atoms with E-state index < -0.39 is 40.7 Å². The van der Waals surface area contributed by atoms with Crippen molar-refractivity contribution in [2.75, 3.05) is 18.4 Å². The number of anilines is 1. The summed E-state index contributed by atoms with van der Waals surface area (Å²) in [5, 5.41) is 12.7. The molecule has 4 atom stereocenters. The van der Waals surface area contributed by atoms with Crippen molar-refractivity contribution in [3.8, 4) is 11.8 Å². The maximum atomic E-state index is 16.3. The Hall–Kier alpha value is -5.29. The van der Waals surface area contributed by atoms with Crippen molar-refractivity contribution < 1.29 is 33.2 Å². The fraction of sp³-hybridized carbons (Fsp3) is 0.458. The third-order valence-electron chi connectivity index (χ3n) is 14.9. The van der Waals surface area contributed by atoms with Crippen molar-refractivity contribution in [2.45, 2.75) is 112 Å². The Labute approximate surface area is 374 Å². The van der Waals surface area contributed by atoms with Crippen LogP contribution in [0.1, 0.15) is 109 Å². The highest BCUT2D eigenvalue weighted by atomic mass is 35.5. The quantitative estimate of drug-likeness (QED) is 0.189. The van der Waals surface area contributed by atoms with E-state index in [1.165, 1.54) is 11.0 Å². The summed E-state index contributed by atoms with van der Waals surface area (Å²) in [5.41, 5.74) is 1.30. The fourth-order valence-electron chi connectivity index (χ4n) is 11.9. The molecule has 3 saturated heterocycles. The maximum absolute atomic E-state index is 16.3. The molecule has 2 saturated carbocycles. The van der Waals surface area contributed by atoms with Gasteiger partial charge in [-0.1, -0.05) is 78.6 Å². The highest BCUT2D eigenvalue weighted by molar-refractivity contribution is 6.31. The van der Waals surface area contributed by atoms with E-state index in [4.69, 9.17) is 23.2 Å². The van der Waals surface area contributed by atoms with Gasteiger partial charge in [-0.15, -0.1) is 0 Å². The molecule has 2 aliphatic carbocycles. The van der Waals surface area contributed by atoms with Crippen molar-refractivity contribution in [1.82, 2.24) is 25.8 Å².